The van der Waals surface area contributed by atoms with Gasteiger partial charge in [0.2, 0.25) is 0 Å². The molecular formula is C27H21N5O4. The van der Waals surface area contributed by atoms with Crippen molar-refractivity contribution in [2.45, 2.75) is 19.4 Å². The van der Waals surface area contributed by atoms with E-state index in [2.05, 4.69) is 4.98 Å². The first-order valence-electron chi connectivity index (χ1n) is 11.4. The average molecular weight is 479 g/mol. The number of pyridine rings is 2. The van der Waals surface area contributed by atoms with E-state index in [9.17, 15) is 19.6 Å². The molecule has 0 atom stereocenters. The van der Waals surface area contributed by atoms with Gasteiger partial charge in [0.25, 0.3) is 17.4 Å². The van der Waals surface area contributed by atoms with Crippen molar-refractivity contribution in [2.24, 2.45) is 0 Å². The van der Waals surface area contributed by atoms with Crippen LogP contribution in [0.3, 0.4) is 0 Å². The first-order valence-corrected chi connectivity index (χ1v) is 11.4. The minimum atomic E-state index is -0.288. The predicted octanol–water partition coefficient (Wildman–Crippen LogP) is 3.70. The quantitative estimate of drug-likeness (QED) is 0.315. The number of hydrogen-bond donors (Lipinski definition) is 1. The average Bonchev–Trinajstić information content (AvgIpc) is 3.51. The number of imide groups is 1. The summed E-state index contributed by atoms with van der Waals surface area (Å²) < 4.78 is 7.07. The van der Waals surface area contributed by atoms with Gasteiger partial charge in [0, 0.05) is 36.5 Å². The SMILES string of the molecule is N#Cc1cc(-c2ccc(=O)n(CCCCN3C(=O)c4ccccc4C3=O)c2)c(-c2ccco2)nc1N. The summed E-state index contributed by atoms with van der Waals surface area (Å²) in [5, 5.41) is 9.44. The van der Waals surface area contributed by atoms with Crippen molar-refractivity contribution in [2.75, 3.05) is 12.3 Å². The van der Waals surface area contributed by atoms with Crippen LogP contribution in [0.4, 0.5) is 5.82 Å². The summed E-state index contributed by atoms with van der Waals surface area (Å²) in [6.45, 7) is 0.663. The second kappa shape index (κ2) is 9.35. The third-order valence-corrected chi connectivity index (χ3v) is 6.13. The third kappa shape index (κ3) is 4.05. The Balaban J connectivity index is 1.34. The molecule has 1 aromatic carbocycles. The molecule has 3 aromatic heterocycles. The van der Waals surface area contributed by atoms with Crippen LogP contribution in [0, 0.1) is 11.3 Å². The summed E-state index contributed by atoms with van der Waals surface area (Å²) in [5.74, 6) is 0.00254. The molecule has 36 heavy (non-hydrogen) atoms. The van der Waals surface area contributed by atoms with Gasteiger partial charge in [-0.05, 0) is 49.2 Å². The Morgan fingerprint density at radius 3 is 2.31 bits per heavy atom. The fourth-order valence-corrected chi connectivity index (χ4v) is 4.30. The molecule has 4 heterocycles. The van der Waals surface area contributed by atoms with E-state index in [0.29, 0.717) is 53.1 Å². The second-order valence-corrected chi connectivity index (χ2v) is 8.37. The van der Waals surface area contributed by atoms with E-state index in [4.69, 9.17) is 10.2 Å². The van der Waals surface area contributed by atoms with Gasteiger partial charge < -0.3 is 14.7 Å². The van der Waals surface area contributed by atoms with Crippen LogP contribution >= 0.6 is 0 Å². The summed E-state index contributed by atoms with van der Waals surface area (Å²) in [7, 11) is 0. The lowest BCUT2D eigenvalue weighted by atomic mass is 10.0. The highest BCUT2D eigenvalue weighted by molar-refractivity contribution is 6.21. The molecule has 178 valence electrons. The van der Waals surface area contributed by atoms with Gasteiger partial charge in [-0.25, -0.2) is 4.98 Å². The standard InChI is InChI=1S/C27H21N5O4/c28-15-18-14-21(24(30-25(18)29)22-8-5-13-36-22)17-9-10-23(33)31(16-17)11-3-4-12-32-26(34)19-6-1-2-7-20(19)27(32)35/h1-2,5-10,13-14,16H,3-4,11-12H2,(H2,29,30). The number of nitrogen functional groups attached to an aromatic ring is 1. The highest BCUT2D eigenvalue weighted by atomic mass is 16.3. The smallest absolute Gasteiger partial charge is 0.261 e. The zero-order valence-electron chi connectivity index (χ0n) is 19.2. The van der Waals surface area contributed by atoms with Crippen molar-refractivity contribution in [1.29, 1.82) is 5.26 Å². The van der Waals surface area contributed by atoms with E-state index < -0.39 is 0 Å². The molecule has 0 aliphatic carbocycles. The summed E-state index contributed by atoms with van der Waals surface area (Å²) in [4.78, 5) is 43.2. The number of rotatable bonds is 7. The molecule has 0 spiro atoms. The van der Waals surface area contributed by atoms with Gasteiger partial charge in [-0.2, -0.15) is 5.26 Å². The summed E-state index contributed by atoms with van der Waals surface area (Å²) >= 11 is 0. The molecule has 2 amide bonds. The third-order valence-electron chi connectivity index (χ3n) is 6.13. The highest BCUT2D eigenvalue weighted by Gasteiger charge is 2.34. The number of amides is 2. The van der Waals surface area contributed by atoms with Crippen LogP contribution in [0.5, 0.6) is 0 Å². The number of hydrogen-bond acceptors (Lipinski definition) is 7. The molecule has 9 heteroatoms. The first-order chi connectivity index (χ1) is 17.5. The van der Waals surface area contributed by atoms with Gasteiger partial charge in [0.05, 0.1) is 23.0 Å². The summed E-state index contributed by atoms with van der Waals surface area (Å²) in [5.41, 5.74) is 8.56. The van der Waals surface area contributed by atoms with Crippen LogP contribution < -0.4 is 11.3 Å². The Labute approximate surface area is 206 Å². The molecule has 5 rings (SSSR count). The predicted molar refractivity (Wildman–Crippen MR) is 132 cm³/mol. The van der Waals surface area contributed by atoms with Gasteiger partial charge in [-0.3, -0.25) is 19.3 Å². The van der Waals surface area contributed by atoms with Crippen LogP contribution in [0.25, 0.3) is 22.6 Å². The number of nitriles is 1. The topological polar surface area (TPSA) is 135 Å². The molecule has 4 aromatic rings. The maximum absolute atomic E-state index is 12.5. The Morgan fingerprint density at radius 1 is 0.917 bits per heavy atom. The second-order valence-electron chi connectivity index (χ2n) is 8.37. The fraction of sp³-hybridized carbons (Fsp3) is 0.148. The van der Waals surface area contributed by atoms with Crippen molar-refractivity contribution in [3.8, 4) is 28.7 Å². The van der Waals surface area contributed by atoms with Crippen LogP contribution in [0.15, 0.2) is 76.3 Å². The summed E-state index contributed by atoms with van der Waals surface area (Å²) in [6, 6.07) is 17.0. The number of carbonyl (C=O) groups excluding carboxylic acids is 2. The van der Waals surface area contributed by atoms with Gasteiger partial charge in [-0.15, -0.1) is 0 Å². The van der Waals surface area contributed by atoms with E-state index in [1.807, 2.05) is 6.07 Å². The van der Waals surface area contributed by atoms with Crippen molar-refractivity contribution in [1.82, 2.24) is 14.5 Å². The minimum absolute atomic E-state index is 0.0918. The molecule has 0 unspecified atom stereocenters. The molecule has 2 N–H and O–H groups in total. The number of fused-ring (bicyclic) bond motifs is 1. The Hall–Kier alpha value is -4.97. The normalized spacial score (nSPS) is 12.6. The first kappa shape index (κ1) is 22.8. The van der Waals surface area contributed by atoms with Crippen molar-refractivity contribution in [3.63, 3.8) is 0 Å². The maximum Gasteiger partial charge on any atom is 0.261 e. The molecule has 0 saturated carbocycles. The fourth-order valence-electron chi connectivity index (χ4n) is 4.30. The molecule has 0 fully saturated rings. The number of furan rings is 1. The van der Waals surface area contributed by atoms with E-state index in [1.165, 1.54) is 17.2 Å². The van der Waals surface area contributed by atoms with E-state index in [-0.39, 0.29) is 35.3 Å². The number of benzene rings is 1. The molecule has 1 aliphatic heterocycles. The Bertz CT molecular complexity index is 1550. The number of unbranched alkanes of at least 4 members (excludes halogenated alkanes) is 1. The molecule has 9 nitrogen and oxygen atoms in total. The number of aromatic nitrogens is 2. The number of carbonyl (C=O) groups is 2. The zero-order valence-corrected chi connectivity index (χ0v) is 19.2. The van der Waals surface area contributed by atoms with Crippen molar-refractivity contribution >= 4 is 17.6 Å². The van der Waals surface area contributed by atoms with Crippen molar-refractivity contribution in [3.05, 3.63) is 94.1 Å². The van der Waals surface area contributed by atoms with E-state index in [1.54, 1.807) is 59.3 Å². The van der Waals surface area contributed by atoms with E-state index in [0.717, 1.165) is 0 Å². The minimum Gasteiger partial charge on any atom is -0.463 e. The van der Waals surface area contributed by atoms with Gasteiger partial charge in [0.15, 0.2) is 5.76 Å². The molecule has 0 bridgehead atoms. The lowest BCUT2D eigenvalue weighted by molar-refractivity contribution is 0.0651. The maximum atomic E-state index is 12.5. The molecule has 0 saturated heterocycles. The Morgan fingerprint density at radius 2 is 1.64 bits per heavy atom. The number of anilines is 1. The van der Waals surface area contributed by atoms with Crippen LogP contribution in [-0.2, 0) is 6.54 Å². The van der Waals surface area contributed by atoms with Gasteiger partial charge in [0.1, 0.15) is 17.6 Å². The summed E-state index contributed by atoms with van der Waals surface area (Å²) in [6.07, 6.45) is 4.34. The number of nitrogens with two attached hydrogens (primary N) is 1. The number of aryl methyl sites for hydroxylation is 1. The van der Waals surface area contributed by atoms with Crippen LogP contribution in [-0.4, -0.2) is 32.8 Å². The van der Waals surface area contributed by atoms with Crippen LogP contribution in [0.1, 0.15) is 39.1 Å². The molecule has 0 radical (unpaired) electrons. The number of nitrogens with zero attached hydrogens (tertiary/aromatic N) is 4. The monoisotopic (exact) mass is 479 g/mol. The zero-order chi connectivity index (χ0) is 25.2. The lowest BCUT2D eigenvalue weighted by Gasteiger charge is -2.14. The van der Waals surface area contributed by atoms with Crippen LogP contribution in [0.2, 0.25) is 0 Å². The van der Waals surface area contributed by atoms with Gasteiger partial charge >= 0.3 is 0 Å². The largest absolute Gasteiger partial charge is 0.463 e. The lowest BCUT2D eigenvalue weighted by Crippen LogP contribution is -2.31. The highest BCUT2D eigenvalue weighted by Crippen LogP contribution is 2.33. The molecule has 1 aliphatic rings. The van der Waals surface area contributed by atoms with E-state index >= 15 is 0 Å². The molecular weight excluding hydrogens is 458 g/mol. The van der Waals surface area contributed by atoms with Crippen molar-refractivity contribution < 1.29 is 14.0 Å². The Kier molecular flexibility index (Phi) is 5.92. The van der Waals surface area contributed by atoms with Gasteiger partial charge in [-0.1, -0.05) is 12.1 Å².